The fourth-order valence-corrected chi connectivity index (χ4v) is 4.49. The lowest BCUT2D eigenvalue weighted by atomic mass is 10.1. The van der Waals surface area contributed by atoms with Gasteiger partial charge in [0.25, 0.3) is 11.8 Å². The van der Waals surface area contributed by atoms with Gasteiger partial charge in [0.1, 0.15) is 5.75 Å². The van der Waals surface area contributed by atoms with Crippen LogP contribution in [-0.4, -0.2) is 18.9 Å². The average Bonchev–Trinajstić information content (AvgIpc) is 3.02. The van der Waals surface area contributed by atoms with E-state index in [1.54, 1.807) is 55.6 Å². The molecule has 4 nitrogen and oxygen atoms in total. The van der Waals surface area contributed by atoms with E-state index in [2.05, 4.69) is 0 Å². The second-order valence-corrected chi connectivity index (χ2v) is 8.05. The highest BCUT2D eigenvalue weighted by Crippen LogP contribution is 2.40. The standard InChI is InChI=1S/C24H18ClNO3S/c1-29-20-12-10-17(11-13-20)21-22(30-15-16-6-3-2-4-7-16)24(28)26(23(21)27)19-9-5-8-18(25)14-19/h2-14H,15H2,1H3. The first-order chi connectivity index (χ1) is 14.6. The van der Waals surface area contributed by atoms with E-state index in [1.807, 2.05) is 30.3 Å². The SMILES string of the molecule is COc1ccc(C2=C(SCc3ccccc3)C(=O)N(c3cccc(Cl)c3)C2=O)cc1. The minimum absolute atomic E-state index is 0.339. The zero-order chi connectivity index (χ0) is 21.1. The van der Waals surface area contributed by atoms with Crippen molar-refractivity contribution in [3.63, 3.8) is 0 Å². The lowest BCUT2D eigenvalue weighted by Gasteiger charge is -2.15. The maximum Gasteiger partial charge on any atom is 0.272 e. The number of imide groups is 1. The molecule has 0 radical (unpaired) electrons. The summed E-state index contributed by atoms with van der Waals surface area (Å²) in [6.45, 7) is 0. The van der Waals surface area contributed by atoms with Crippen LogP contribution >= 0.6 is 23.4 Å². The van der Waals surface area contributed by atoms with E-state index in [4.69, 9.17) is 16.3 Å². The van der Waals surface area contributed by atoms with Crippen LogP contribution in [0.2, 0.25) is 5.02 Å². The van der Waals surface area contributed by atoms with Gasteiger partial charge in [0, 0.05) is 10.8 Å². The number of benzene rings is 3. The van der Waals surface area contributed by atoms with Crippen molar-refractivity contribution in [3.05, 3.63) is 99.9 Å². The smallest absolute Gasteiger partial charge is 0.272 e. The van der Waals surface area contributed by atoms with E-state index in [0.29, 0.717) is 38.3 Å². The molecule has 0 aliphatic carbocycles. The summed E-state index contributed by atoms with van der Waals surface area (Å²) in [4.78, 5) is 28.3. The number of nitrogens with zero attached hydrogens (tertiary/aromatic N) is 1. The second kappa shape index (κ2) is 8.78. The fraction of sp³-hybridized carbons (Fsp3) is 0.0833. The molecule has 150 valence electrons. The summed E-state index contributed by atoms with van der Waals surface area (Å²) in [5, 5.41) is 0.462. The topological polar surface area (TPSA) is 46.6 Å². The van der Waals surface area contributed by atoms with E-state index >= 15 is 0 Å². The highest BCUT2D eigenvalue weighted by molar-refractivity contribution is 8.03. The molecule has 4 rings (SSSR count). The predicted octanol–water partition coefficient (Wildman–Crippen LogP) is 5.57. The van der Waals surface area contributed by atoms with Gasteiger partial charge in [-0.2, -0.15) is 0 Å². The molecule has 1 heterocycles. The van der Waals surface area contributed by atoms with E-state index in [0.717, 1.165) is 5.56 Å². The number of hydrogen-bond donors (Lipinski definition) is 0. The Morgan fingerprint density at radius 1 is 0.900 bits per heavy atom. The second-order valence-electron chi connectivity index (χ2n) is 6.63. The molecular formula is C24H18ClNO3S. The summed E-state index contributed by atoms with van der Waals surface area (Å²) in [5.41, 5.74) is 2.60. The number of amides is 2. The molecule has 0 unspecified atom stereocenters. The van der Waals surface area contributed by atoms with Crippen molar-refractivity contribution >= 4 is 46.4 Å². The zero-order valence-corrected chi connectivity index (χ0v) is 17.7. The van der Waals surface area contributed by atoms with Crippen molar-refractivity contribution < 1.29 is 14.3 Å². The van der Waals surface area contributed by atoms with Crippen LogP contribution < -0.4 is 9.64 Å². The molecule has 0 bridgehead atoms. The molecule has 0 spiro atoms. The Morgan fingerprint density at radius 3 is 2.30 bits per heavy atom. The van der Waals surface area contributed by atoms with E-state index in [1.165, 1.54) is 16.7 Å². The number of hydrogen-bond acceptors (Lipinski definition) is 4. The minimum atomic E-state index is -0.358. The van der Waals surface area contributed by atoms with Crippen molar-refractivity contribution in [3.8, 4) is 5.75 Å². The summed E-state index contributed by atoms with van der Waals surface area (Å²) in [6.07, 6.45) is 0. The Bertz CT molecular complexity index is 1130. The van der Waals surface area contributed by atoms with Gasteiger partial charge in [-0.1, -0.05) is 60.1 Å². The largest absolute Gasteiger partial charge is 0.497 e. The molecular weight excluding hydrogens is 418 g/mol. The Labute approximate surface area is 184 Å². The third-order valence-corrected chi connectivity index (χ3v) is 6.09. The Hall–Kier alpha value is -3.02. The van der Waals surface area contributed by atoms with Gasteiger partial charge in [0.15, 0.2) is 0 Å². The zero-order valence-electron chi connectivity index (χ0n) is 16.2. The highest BCUT2D eigenvalue weighted by Gasteiger charge is 2.40. The van der Waals surface area contributed by atoms with Crippen LogP contribution in [0.4, 0.5) is 5.69 Å². The Balaban J connectivity index is 1.74. The average molecular weight is 436 g/mol. The van der Waals surface area contributed by atoms with Gasteiger partial charge < -0.3 is 4.74 Å². The maximum absolute atomic E-state index is 13.4. The number of carbonyl (C=O) groups is 2. The molecule has 0 fully saturated rings. The first-order valence-corrected chi connectivity index (χ1v) is 10.6. The van der Waals surface area contributed by atoms with Gasteiger partial charge in [0.2, 0.25) is 0 Å². The quantitative estimate of drug-likeness (QED) is 0.475. The van der Waals surface area contributed by atoms with Gasteiger partial charge in [-0.3, -0.25) is 9.59 Å². The Morgan fingerprint density at radius 2 is 1.63 bits per heavy atom. The molecule has 2 amide bonds. The van der Waals surface area contributed by atoms with Gasteiger partial charge in [-0.25, -0.2) is 4.90 Å². The van der Waals surface area contributed by atoms with Gasteiger partial charge in [-0.05, 0) is 41.5 Å². The van der Waals surface area contributed by atoms with Crippen molar-refractivity contribution in [1.29, 1.82) is 0 Å². The van der Waals surface area contributed by atoms with E-state index in [-0.39, 0.29) is 11.8 Å². The summed E-state index contributed by atoms with van der Waals surface area (Å²) in [6, 6.07) is 23.7. The fourth-order valence-electron chi connectivity index (χ4n) is 3.24. The lowest BCUT2D eigenvalue weighted by molar-refractivity contribution is -0.119. The van der Waals surface area contributed by atoms with Crippen LogP contribution in [0, 0.1) is 0 Å². The molecule has 3 aromatic rings. The molecule has 1 aliphatic heterocycles. The van der Waals surface area contributed by atoms with Crippen molar-refractivity contribution in [2.24, 2.45) is 0 Å². The number of anilines is 1. The van der Waals surface area contributed by atoms with Crippen LogP contribution in [-0.2, 0) is 15.3 Å². The normalized spacial score (nSPS) is 13.9. The molecule has 1 aliphatic rings. The van der Waals surface area contributed by atoms with Crippen LogP contribution in [0.25, 0.3) is 5.57 Å². The summed E-state index contributed by atoms with van der Waals surface area (Å²) in [7, 11) is 1.58. The number of carbonyl (C=O) groups excluding carboxylic acids is 2. The lowest BCUT2D eigenvalue weighted by Crippen LogP contribution is -2.31. The maximum atomic E-state index is 13.4. The summed E-state index contributed by atoms with van der Waals surface area (Å²) >= 11 is 7.47. The number of ether oxygens (including phenoxy) is 1. The molecule has 0 N–H and O–H groups in total. The predicted molar refractivity (Wildman–Crippen MR) is 122 cm³/mol. The molecule has 6 heteroatoms. The number of rotatable bonds is 6. The van der Waals surface area contributed by atoms with Gasteiger partial charge in [0.05, 0.1) is 23.3 Å². The molecule has 3 aromatic carbocycles. The number of methoxy groups -OCH3 is 1. The third kappa shape index (κ3) is 3.99. The molecule has 0 saturated heterocycles. The first kappa shape index (κ1) is 20.3. The van der Waals surface area contributed by atoms with E-state index < -0.39 is 0 Å². The first-order valence-electron chi connectivity index (χ1n) is 9.28. The van der Waals surface area contributed by atoms with Crippen molar-refractivity contribution in [1.82, 2.24) is 0 Å². The Kier molecular flexibility index (Phi) is 5.93. The monoisotopic (exact) mass is 435 g/mol. The number of halogens is 1. The molecule has 0 aromatic heterocycles. The van der Waals surface area contributed by atoms with E-state index in [9.17, 15) is 9.59 Å². The third-order valence-electron chi connectivity index (χ3n) is 4.71. The van der Waals surface area contributed by atoms with Crippen molar-refractivity contribution in [2.75, 3.05) is 12.0 Å². The molecule has 0 saturated carbocycles. The van der Waals surface area contributed by atoms with Crippen LogP contribution in [0.5, 0.6) is 5.75 Å². The van der Waals surface area contributed by atoms with Gasteiger partial charge >= 0.3 is 0 Å². The van der Waals surface area contributed by atoms with Crippen LogP contribution in [0.15, 0.2) is 83.8 Å². The van der Waals surface area contributed by atoms with Crippen molar-refractivity contribution in [2.45, 2.75) is 5.75 Å². The number of thioether (sulfide) groups is 1. The summed E-state index contributed by atoms with van der Waals surface area (Å²) in [5.74, 6) is 0.566. The van der Waals surface area contributed by atoms with Crippen LogP contribution in [0.1, 0.15) is 11.1 Å². The minimum Gasteiger partial charge on any atom is -0.497 e. The molecule has 0 atom stereocenters. The van der Waals surface area contributed by atoms with Crippen LogP contribution in [0.3, 0.4) is 0 Å². The van der Waals surface area contributed by atoms with Gasteiger partial charge in [-0.15, -0.1) is 11.8 Å². The summed E-state index contributed by atoms with van der Waals surface area (Å²) < 4.78 is 5.22. The molecule has 30 heavy (non-hydrogen) atoms. The highest BCUT2D eigenvalue weighted by atomic mass is 35.5.